The molecule has 1 aliphatic rings. The molecular formula is C19H11F5N2O3S. The minimum Gasteiger partial charge on any atom is -0.350 e. The van der Waals surface area contributed by atoms with Crippen molar-refractivity contribution in [2.24, 2.45) is 0 Å². The summed E-state index contributed by atoms with van der Waals surface area (Å²) in [4.78, 5) is 37.2. The molecule has 2 aromatic carbocycles. The molecule has 3 amide bonds. The standard InChI is InChI=1S/C19H11F5N2O3S/c20-10-3-1-9(2-4-10)7-13-18(28)26(19(29)30-13)6-5-25-17(27)11-8-12(21)15(23)16(24)14(11)22/h1-4,7-8H,5-6H2,(H,25,27). The summed E-state index contributed by atoms with van der Waals surface area (Å²) in [6.45, 7) is -0.647. The lowest BCUT2D eigenvalue weighted by Gasteiger charge is -2.13. The van der Waals surface area contributed by atoms with Gasteiger partial charge >= 0.3 is 0 Å². The maximum absolute atomic E-state index is 13.6. The molecule has 0 atom stereocenters. The monoisotopic (exact) mass is 442 g/mol. The van der Waals surface area contributed by atoms with Crippen LogP contribution in [0, 0.1) is 29.1 Å². The van der Waals surface area contributed by atoms with Crippen LogP contribution in [-0.4, -0.2) is 35.0 Å². The molecule has 11 heteroatoms. The predicted octanol–water partition coefficient (Wildman–Crippen LogP) is 3.85. The summed E-state index contributed by atoms with van der Waals surface area (Å²) in [6.07, 6.45) is 1.39. The van der Waals surface area contributed by atoms with Gasteiger partial charge in [0, 0.05) is 13.1 Å². The largest absolute Gasteiger partial charge is 0.350 e. The average molecular weight is 442 g/mol. The van der Waals surface area contributed by atoms with Crippen molar-refractivity contribution < 1.29 is 36.3 Å². The Hall–Kier alpha value is -3.21. The van der Waals surface area contributed by atoms with E-state index < -0.39 is 51.7 Å². The van der Waals surface area contributed by atoms with Gasteiger partial charge in [0.2, 0.25) is 0 Å². The summed E-state index contributed by atoms with van der Waals surface area (Å²) < 4.78 is 66.0. The van der Waals surface area contributed by atoms with Crippen LogP contribution in [0.3, 0.4) is 0 Å². The molecule has 0 saturated carbocycles. The number of rotatable bonds is 5. The minimum atomic E-state index is -2.13. The molecule has 3 rings (SSSR count). The fourth-order valence-electron chi connectivity index (χ4n) is 2.52. The van der Waals surface area contributed by atoms with Crippen LogP contribution in [0.25, 0.3) is 6.08 Å². The molecule has 1 saturated heterocycles. The molecule has 2 aromatic rings. The Kier molecular flexibility index (Phi) is 6.20. The quantitative estimate of drug-likeness (QED) is 0.331. The lowest BCUT2D eigenvalue weighted by atomic mass is 10.1. The molecule has 1 heterocycles. The minimum absolute atomic E-state index is 0.0756. The topological polar surface area (TPSA) is 66.5 Å². The first-order valence-electron chi connectivity index (χ1n) is 8.31. The van der Waals surface area contributed by atoms with Crippen molar-refractivity contribution in [1.29, 1.82) is 0 Å². The first kappa shape index (κ1) is 21.5. The van der Waals surface area contributed by atoms with Gasteiger partial charge < -0.3 is 5.32 Å². The Morgan fingerprint density at radius 1 is 1.00 bits per heavy atom. The number of amides is 3. The van der Waals surface area contributed by atoms with Crippen LogP contribution in [0.5, 0.6) is 0 Å². The molecule has 0 spiro atoms. The third-order valence-corrected chi connectivity index (χ3v) is 4.92. The normalized spacial score (nSPS) is 15.2. The van der Waals surface area contributed by atoms with Gasteiger partial charge in [-0.25, -0.2) is 22.0 Å². The number of thioether (sulfide) groups is 1. The highest BCUT2D eigenvalue weighted by atomic mass is 32.2. The molecule has 0 unspecified atom stereocenters. The Bertz CT molecular complexity index is 1070. The highest BCUT2D eigenvalue weighted by Crippen LogP contribution is 2.31. The van der Waals surface area contributed by atoms with E-state index in [1.165, 1.54) is 30.3 Å². The first-order chi connectivity index (χ1) is 14.2. The van der Waals surface area contributed by atoms with Gasteiger partial charge in [0.1, 0.15) is 5.82 Å². The number of nitrogens with one attached hydrogen (secondary N) is 1. The van der Waals surface area contributed by atoms with Crippen molar-refractivity contribution in [2.45, 2.75) is 0 Å². The first-order valence-corrected chi connectivity index (χ1v) is 9.13. The highest BCUT2D eigenvalue weighted by Gasteiger charge is 2.34. The van der Waals surface area contributed by atoms with E-state index in [0.717, 1.165) is 4.90 Å². The van der Waals surface area contributed by atoms with Crippen LogP contribution in [0.15, 0.2) is 35.2 Å². The molecule has 1 aliphatic heterocycles. The van der Waals surface area contributed by atoms with Gasteiger partial charge in [0.15, 0.2) is 23.3 Å². The summed E-state index contributed by atoms with van der Waals surface area (Å²) in [6, 6.07) is 5.41. The molecule has 0 bridgehead atoms. The number of hydrogen-bond donors (Lipinski definition) is 1. The van der Waals surface area contributed by atoms with E-state index >= 15 is 0 Å². The van der Waals surface area contributed by atoms with Crippen LogP contribution < -0.4 is 5.32 Å². The number of nitrogens with zero attached hydrogens (tertiary/aromatic N) is 1. The van der Waals surface area contributed by atoms with Crippen molar-refractivity contribution in [3.8, 4) is 0 Å². The van der Waals surface area contributed by atoms with Gasteiger partial charge in [-0.15, -0.1) is 0 Å². The van der Waals surface area contributed by atoms with Gasteiger partial charge in [0.25, 0.3) is 17.1 Å². The average Bonchev–Trinajstić information content (AvgIpc) is 2.98. The maximum Gasteiger partial charge on any atom is 0.293 e. The van der Waals surface area contributed by atoms with Gasteiger partial charge in [-0.3, -0.25) is 19.3 Å². The molecule has 156 valence electrons. The van der Waals surface area contributed by atoms with Gasteiger partial charge in [-0.1, -0.05) is 12.1 Å². The van der Waals surface area contributed by atoms with Crippen molar-refractivity contribution in [3.63, 3.8) is 0 Å². The number of carbonyl (C=O) groups excluding carboxylic acids is 3. The Balaban J connectivity index is 1.64. The van der Waals surface area contributed by atoms with E-state index in [1.54, 1.807) is 0 Å². The molecular weight excluding hydrogens is 431 g/mol. The number of benzene rings is 2. The molecule has 5 nitrogen and oxygen atoms in total. The third kappa shape index (κ3) is 4.35. The van der Waals surface area contributed by atoms with E-state index in [9.17, 15) is 36.3 Å². The Morgan fingerprint density at radius 3 is 2.33 bits per heavy atom. The second-order valence-electron chi connectivity index (χ2n) is 5.99. The van der Waals surface area contributed by atoms with Crippen LogP contribution in [0.1, 0.15) is 15.9 Å². The molecule has 30 heavy (non-hydrogen) atoms. The van der Waals surface area contributed by atoms with E-state index in [1.807, 2.05) is 0 Å². The third-order valence-electron chi connectivity index (χ3n) is 4.01. The number of halogens is 5. The summed E-state index contributed by atoms with van der Waals surface area (Å²) >= 11 is 0.635. The second kappa shape index (κ2) is 8.66. The zero-order valence-electron chi connectivity index (χ0n) is 14.8. The van der Waals surface area contributed by atoms with E-state index in [-0.39, 0.29) is 24.1 Å². The smallest absolute Gasteiger partial charge is 0.293 e. The van der Waals surface area contributed by atoms with Gasteiger partial charge in [-0.05, 0) is 41.6 Å². The molecule has 1 N–H and O–H groups in total. The molecule has 0 radical (unpaired) electrons. The Morgan fingerprint density at radius 2 is 1.67 bits per heavy atom. The van der Waals surface area contributed by atoms with Crippen LogP contribution in [-0.2, 0) is 4.79 Å². The maximum atomic E-state index is 13.6. The summed E-state index contributed by atoms with van der Waals surface area (Å²) in [5.41, 5.74) is -0.567. The van der Waals surface area contributed by atoms with Crippen molar-refractivity contribution in [2.75, 3.05) is 13.1 Å². The van der Waals surface area contributed by atoms with Gasteiger partial charge in [-0.2, -0.15) is 0 Å². The summed E-state index contributed by atoms with van der Waals surface area (Å²) in [7, 11) is 0. The summed E-state index contributed by atoms with van der Waals surface area (Å²) in [5, 5.41) is 1.47. The van der Waals surface area contributed by atoms with Crippen LogP contribution in [0.4, 0.5) is 26.7 Å². The number of hydrogen-bond acceptors (Lipinski definition) is 4. The van der Waals surface area contributed by atoms with E-state index in [2.05, 4.69) is 5.32 Å². The van der Waals surface area contributed by atoms with E-state index in [4.69, 9.17) is 0 Å². The lowest BCUT2D eigenvalue weighted by molar-refractivity contribution is -0.122. The fraction of sp³-hybridized carbons (Fsp3) is 0.105. The molecule has 0 aliphatic carbocycles. The van der Waals surface area contributed by atoms with Crippen molar-refractivity contribution in [3.05, 3.63) is 75.4 Å². The number of carbonyl (C=O) groups is 3. The van der Waals surface area contributed by atoms with Crippen LogP contribution >= 0.6 is 11.8 Å². The second-order valence-corrected chi connectivity index (χ2v) is 6.98. The van der Waals surface area contributed by atoms with Gasteiger partial charge in [0.05, 0.1) is 10.5 Å². The predicted molar refractivity (Wildman–Crippen MR) is 97.7 cm³/mol. The summed E-state index contributed by atoms with van der Waals surface area (Å²) in [5.74, 6) is -10.1. The van der Waals surface area contributed by atoms with E-state index in [0.29, 0.717) is 17.3 Å². The van der Waals surface area contributed by atoms with Crippen molar-refractivity contribution in [1.82, 2.24) is 10.2 Å². The van der Waals surface area contributed by atoms with Crippen molar-refractivity contribution >= 4 is 34.9 Å². The zero-order chi connectivity index (χ0) is 22.0. The zero-order valence-corrected chi connectivity index (χ0v) is 15.7. The number of imide groups is 1. The molecule has 1 fully saturated rings. The highest BCUT2D eigenvalue weighted by molar-refractivity contribution is 8.18. The fourth-order valence-corrected chi connectivity index (χ4v) is 3.38. The lowest BCUT2D eigenvalue weighted by Crippen LogP contribution is -2.37. The van der Waals surface area contributed by atoms with Crippen LogP contribution in [0.2, 0.25) is 0 Å². The Labute approximate surface area is 170 Å². The SMILES string of the molecule is O=C(NCCN1C(=O)SC(=Cc2ccc(F)cc2)C1=O)c1cc(F)c(F)c(F)c1F. The molecule has 0 aromatic heterocycles.